The van der Waals surface area contributed by atoms with Crippen LogP contribution in [0.15, 0.2) is 79.0 Å². The van der Waals surface area contributed by atoms with E-state index < -0.39 is 61.2 Å². The number of rotatable bonds is 11. The fraction of sp³-hybridized carbons (Fsp3) is 0.324. The number of carbonyl (C=O) groups is 2. The van der Waals surface area contributed by atoms with Crippen molar-refractivity contribution in [3.8, 4) is 0 Å². The number of morpholine rings is 1. The van der Waals surface area contributed by atoms with Crippen LogP contribution in [0.25, 0.3) is 10.9 Å². The molecule has 0 spiro atoms. The largest absolute Gasteiger partial charge is 0.465 e. The van der Waals surface area contributed by atoms with E-state index in [2.05, 4.69) is 15.6 Å². The maximum atomic E-state index is 15.2. The van der Waals surface area contributed by atoms with E-state index in [-0.39, 0.29) is 35.7 Å². The Hall–Kier alpha value is -4.30. The molecule has 4 aromatic rings. The van der Waals surface area contributed by atoms with E-state index >= 15 is 4.39 Å². The number of aromatic nitrogens is 1. The topological polar surface area (TPSA) is 130 Å². The molecule has 0 unspecified atom stereocenters. The van der Waals surface area contributed by atoms with E-state index in [9.17, 15) is 22.8 Å². The van der Waals surface area contributed by atoms with Crippen molar-refractivity contribution >= 4 is 40.2 Å². The number of anilines is 1. The Bertz CT molecular complexity index is 1730. The molecule has 5 N–H and O–H groups in total. The molecular formula is C34H34ClF4N5O4. The minimum Gasteiger partial charge on any atom is -0.465 e. The number of carboxylic acid groups (broad SMARTS) is 1. The second-order valence-electron chi connectivity index (χ2n) is 11.6. The first-order valence-electron chi connectivity index (χ1n) is 15.2. The van der Waals surface area contributed by atoms with Crippen molar-refractivity contribution in [1.82, 2.24) is 15.2 Å². The van der Waals surface area contributed by atoms with Crippen molar-refractivity contribution in [2.24, 2.45) is 5.73 Å². The van der Waals surface area contributed by atoms with Crippen LogP contribution in [-0.2, 0) is 16.0 Å². The molecule has 1 fully saturated rings. The van der Waals surface area contributed by atoms with Gasteiger partial charge in [-0.2, -0.15) is 13.2 Å². The van der Waals surface area contributed by atoms with Crippen molar-refractivity contribution in [3.63, 3.8) is 0 Å². The number of alkyl halides is 3. The summed E-state index contributed by atoms with van der Waals surface area (Å²) < 4.78 is 59.3. The minimum atomic E-state index is -4.67. The van der Waals surface area contributed by atoms with Gasteiger partial charge in [0, 0.05) is 52.9 Å². The van der Waals surface area contributed by atoms with Crippen LogP contribution in [0.2, 0.25) is 5.02 Å². The summed E-state index contributed by atoms with van der Waals surface area (Å²) in [5.74, 6) is -1.68. The van der Waals surface area contributed by atoms with Crippen molar-refractivity contribution in [1.29, 1.82) is 0 Å². The first-order valence-corrected chi connectivity index (χ1v) is 15.6. The first-order chi connectivity index (χ1) is 22.9. The molecule has 48 heavy (non-hydrogen) atoms. The third kappa shape index (κ3) is 8.78. The number of benzene rings is 3. The normalized spacial score (nSPS) is 17.9. The average molecular weight is 688 g/mol. The van der Waals surface area contributed by atoms with Crippen LogP contribution in [0, 0.1) is 5.82 Å². The van der Waals surface area contributed by atoms with Crippen LogP contribution in [0.3, 0.4) is 0 Å². The maximum absolute atomic E-state index is 15.2. The Morgan fingerprint density at radius 2 is 1.85 bits per heavy atom. The highest BCUT2D eigenvalue weighted by Gasteiger charge is 2.35. The molecule has 1 aromatic heterocycles. The fourth-order valence-electron chi connectivity index (χ4n) is 5.91. The Kier molecular flexibility index (Phi) is 11.2. The Balaban J connectivity index is 1.28. The number of hydrogen-bond donors (Lipinski definition) is 4. The highest BCUT2D eigenvalue weighted by atomic mass is 35.5. The van der Waals surface area contributed by atoms with Gasteiger partial charge in [0.1, 0.15) is 12.4 Å². The summed E-state index contributed by atoms with van der Waals surface area (Å²) in [6.07, 6.45) is -4.64. The second-order valence-corrected chi connectivity index (χ2v) is 12.0. The van der Waals surface area contributed by atoms with Gasteiger partial charge in [-0.15, -0.1) is 0 Å². The molecule has 1 aliphatic rings. The number of hydrogen-bond acceptors (Lipinski definition) is 6. The van der Waals surface area contributed by atoms with Crippen LogP contribution < -0.4 is 16.4 Å². The lowest BCUT2D eigenvalue weighted by molar-refractivity contribution is -0.143. The molecule has 2 heterocycles. The van der Waals surface area contributed by atoms with E-state index in [0.717, 1.165) is 22.0 Å². The lowest BCUT2D eigenvalue weighted by atomic mass is 9.83. The zero-order valence-electron chi connectivity index (χ0n) is 25.6. The van der Waals surface area contributed by atoms with Gasteiger partial charge in [-0.1, -0.05) is 48.0 Å². The minimum absolute atomic E-state index is 0.0300. The number of pyridine rings is 1. The van der Waals surface area contributed by atoms with Crippen LogP contribution in [0.5, 0.6) is 0 Å². The molecule has 0 radical (unpaired) electrons. The molecule has 0 bridgehead atoms. The van der Waals surface area contributed by atoms with Gasteiger partial charge in [0.15, 0.2) is 0 Å². The SMILES string of the molecule is N[C@H](C(=O)Nc1cccc(F)c1CC[C@@H]1CN[C@@H](CN(CC(F)(F)F)C(=O)O)CO1)[C@@H](c1ccc(Cl)cc1)c1ccnc2ccccc12. The Morgan fingerprint density at radius 3 is 2.54 bits per heavy atom. The van der Waals surface area contributed by atoms with Crippen molar-refractivity contribution in [2.45, 2.75) is 43.1 Å². The smallest absolute Gasteiger partial charge is 0.407 e. The van der Waals surface area contributed by atoms with Crippen LogP contribution in [0.4, 0.5) is 28.0 Å². The van der Waals surface area contributed by atoms with Gasteiger partial charge in [0.2, 0.25) is 5.91 Å². The van der Waals surface area contributed by atoms with E-state index in [1.54, 1.807) is 36.5 Å². The number of ether oxygens (including phenoxy) is 1. The van der Waals surface area contributed by atoms with Crippen LogP contribution in [0.1, 0.15) is 29.0 Å². The Labute approximate surface area is 279 Å². The second kappa shape index (κ2) is 15.3. The lowest BCUT2D eigenvalue weighted by Crippen LogP contribution is -2.53. The summed E-state index contributed by atoms with van der Waals surface area (Å²) >= 11 is 6.15. The summed E-state index contributed by atoms with van der Waals surface area (Å²) in [6, 6.07) is 19.0. The molecule has 3 aromatic carbocycles. The molecule has 9 nitrogen and oxygen atoms in total. The predicted molar refractivity (Wildman–Crippen MR) is 174 cm³/mol. The molecular weight excluding hydrogens is 654 g/mol. The van der Waals surface area contributed by atoms with Gasteiger partial charge in [0.05, 0.1) is 24.3 Å². The molecule has 4 atom stereocenters. The number of para-hydroxylation sites is 1. The van der Waals surface area contributed by atoms with E-state index in [1.807, 2.05) is 30.3 Å². The summed E-state index contributed by atoms with van der Waals surface area (Å²) in [7, 11) is 0. The number of fused-ring (bicyclic) bond motifs is 1. The average Bonchev–Trinajstić information content (AvgIpc) is 3.05. The fourth-order valence-corrected chi connectivity index (χ4v) is 6.03. The molecule has 0 saturated carbocycles. The van der Waals surface area contributed by atoms with E-state index in [1.165, 1.54) is 12.1 Å². The van der Waals surface area contributed by atoms with Crippen molar-refractivity contribution < 1.29 is 37.0 Å². The van der Waals surface area contributed by atoms with E-state index in [0.29, 0.717) is 11.4 Å². The molecule has 5 rings (SSSR count). The number of nitrogens with one attached hydrogen (secondary N) is 2. The summed E-state index contributed by atoms with van der Waals surface area (Å²) in [5, 5.41) is 16.3. The zero-order valence-corrected chi connectivity index (χ0v) is 26.3. The van der Waals surface area contributed by atoms with E-state index in [4.69, 9.17) is 27.2 Å². The van der Waals surface area contributed by atoms with Gasteiger partial charge < -0.3 is 26.2 Å². The van der Waals surface area contributed by atoms with Gasteiger partial charge in [0.25, 0.3) is 0 Å². The van der Waals surface area contributed by atoms with Crippen molar-refractivity contribution in [2.75, 3.05) is 31.6 Å². The van der Waals surface area contributed by atoms with Crippen molar-refractivity contribution in [3.05, 3.63) is 107 Å². The van der Waals surface area contributed by atoms with Crippen LogP contribution >= 0.6 is 11.6 Å². The molecule has 0 aliphatic carbocycles. The molecule has 1 saturated heterocycles. The van der Waals surface area contributed by atoms with Gasteiger partial charge >= 0.3 is 12.3 Å². The summed E-state index contributed by atoms with van der Waals surface area (Å²) in [4.78, 5) is 29.8. The maximum Gasteiger partial charge on any atom is 0.407 e. The third-order valence-corrected chi connectivity index (χ3v) is 8.50. The first kappa shape index (κ1) is 35.0. The number of amides is 2. The lowest BCUT2D eigenvalue weighted by Gasteiger charge is -2.33. The van der Waals surface area contributed by atoms with Gasteiger partial charge in [-0.25, -0.2) is 9.18 Å². The van der Waals surface area contributed by atoms with Crippen LogP contribution in [-0.4, -0.2) is 77.6 Å². The highest BCUT2D eigenvalue weighted by Crippen LogP contribution is 2.34. The zero-order chi connectivity index (χ0) is 34.4. The molecule has 14 heteroatoms. The highest BCUT2D eigenvalue weighted by molar-refractivity contribution is 6.30. The summed E-state index contributed by atoms with van der Waals surface area (Å²) in [5.41, 5.74) is 9.45. The van der Waals surface area contributed by atoms with Gasteiger partial charge in [-0.3, -0.25) is 14.7 Å². The number of nitrogens with zero attached hydrogens (tertiary/aromatic N) is 2. The predicted octanol–water partition coefficient (Wildman–Crippen LogP) is 5.96. The molecule has 1 aliphatic heterocycles. The van der Waals surface area contributed by atoms with Gasteiger partial charge in [-0.05, 0) is 60.4 Å². The monoisotopic (exact) mass is 687 g/mol. The summed E-state index contributed by atoms with van der Waals surface area (Å²) in [6.45, 7) is -1.81. The number of carbonyl (C=O) groups excluding carboxylic acids is 1. The number of halogens is 5. The Morgan fingerprint density at radius 1 is 1.10 bits per heavy atom. The number of nitrogens with two attached hydrogens (primary N) is 1. The third-order valence-electron chi connectivity index (χ3n) is 8.25. The molecule has 254 valence electrons. The quantitative estimate of drug-likeness (QED) is 0.143. The molecule has 2 amide bonds. The standard InChI is InChI=1S/C34H34ClF4N5O4/c35-21-10-8-20(9-11-21)30(25-14-15-41-28-6-2-1-4-24(25)28)31(40)32(45)43-29-7-3-5-27(36)26(29)13-12-23-16-42-22(18-48-23)17-44(33(46)47)19-34(37,38)39/h1-11,14-15,22-23,30-31,42H,12-13,16-19,40H2,(H,43,45)(H,46,47)/t22-,23+,30-,31-/m0/s1.